The van der Waals surface area contributed by atoms with Gasteiger partial charge < -0.3 is 65.6 Å². The molecule has 11 amide bonds. The topological polar surface area (TPSA) is 282 Å². The molecule has 1 heterocycles. The SMILES string of the molecule is C/C=C/C[C@@H](C)[C@@H](O)[C@H]1C(=O)N[C@@H](CC)C(=O)N(C)[C@H](CCN(C)C)C(=O)N(C)[C@@H](C(C)C)C(=O)N[C@@H](C(C)C)C(=O)N(C)[C@@H](CC(C)C)C(=O)N[C@@H](C)C(=O)N[C@H](C)C(=O)N(C)[C@@H](CC(C)C)C(=O)N(C)[C@@H](CC(C)C)C(=O)N(C)[C@@H](C(C)C)C(=O)N1C. The number of amides is 11. The van der Waals surface area contributed by atoms with Crippen LogP contribution in [0.5, 0.6) is 0 Å². The maximum atomic E-state index is 15.3. The summed E-state index contributed by atoms with van der Waals surface area (Å²) in [6, 6.07) is -13.7. The van der Waals surface area contributed by atoms with E-state index in [9.17, 15) is 33.9 Å². The highest BCUT2D eigenvalue weighted by Crippen LogP contribution is 2.26. The van der Waals surface area contributed by atoms with Crippen LogP contribution in [0.4, 0.5) is 0 Å². The van der Waals surface area contributed by atoms with Gasteiger partial charge in [0.05, 0.1) is 6.10 Å². The van der Waals surface area contributed by atoms with Crippen LogP contribution in [0.15, 0.2) is 12.2 Å². The molecular formula is C65H118N12O12. The summed E-state index contributed by atoms with van der Waals surface area (Å²) in [4.78, 5) is 173. The minimum absolute atomic E-state index is 0.00803. The molecule has 0 aromatic heterocycles. The van der Waals surface area contributed by atoms with Crippen molar-refractivity contribution in [3.63, 3.8) is 0 Å². The third-order valence-corrected chi connectivity index (χ3v) is 17.1. The number of rotatable bonds is 17. The first kappa shape index (κ1) is 80.8. The van der Waals surface area contributed by atoms with Gasteiger partial charge in [0.1, 0.15) is 66.5 Å². The van der Waals surface area contributed by atoms with Gasteiger partial charge in [-0.05, 0) is 121 Å². The van der Waals surface area contributed by atoms with E-state index in [-0.39, 0.29) is 49.9 Å². The van der Waals surface area contributed by atoms with Crippen molar-refractivity contribution in [3.05, 3.63) is 12.2 Å². The number of allylic oxidation sites excluding steroid dienone is 2. The summed E-state index contributed by atoms with van der Waals surface area (Å²) in [6.45, 7) is 30.0. The summed E-state index contributed by atoms with van der Waals surface area (Å²) in [5.41, 5.74) is 0. The highest BCUT2D eigenvalue weighted by molar-refractivity contribution is 6.00. The lowest BCUT2D eigenvalue weighted by Crippen LogP contribution is -2.64. The summed E-state index contributed by atoms with van der Waals surface area (Å²) in [6.07, 6.45) is 2.93. The van der Waals surface area contributed by atoms with Crippen molar-refractivity contribution in [2.75, 3.05) is 70.0 Å². The second-order valence-electron chi connectivity index (χ2n) is 27.4. The zero-order chi connectivity index (χ0) is 69.1. The fourth-order valence-corrected chi connectivity index (χ4v) is 11.5. The molecule has 89 heavy (non-hydrogen) atoms. The van der Waals surface area contributed by atoms with Gasteiger partial charge in [0, 0.05) is 49.3 Å². The Hall–Kier alpha value is -6.17. The van der Waals surface area contributed by atoms with Crippen LogP contribution in [-0.2, 0) is 52.7 Å². The number of carbonyl (C=O) groups excluding carboxylic acids is 11. The first-order valence-electron chi connectivity index (χ1n) is 32.1. The first-order chi connectivity index (χ1) is 41.0. The third-order valence-electron chi connectivity index (χ3n) is 17.1. The molecular weight excluding hydrogens is 1140 g/mol. The number of nitrogens with zero attached hydrogens (tertiary/aromatic N) is 8. The maximum Gasteiger partial charge on any atom is 0.246 e. The lowest BCUT2D eigenvalue weighted by Gasteiger charge is -2.41. The molecule has 24 heteroatoms. The Labute approximate surface area is 533 Å². The molecule has 13 atom stereocenters. The predicted octanol–water partition coefficient (Wildman–Crippen LogP) is 3.20. The molecule has 0 aromatic carbocycles. The summed E-state index contributed by atoms with van der Waals surface area (Å²) in [7, 11) is 13.6. The van der Waals surface area contributed by atoms with E-state index in [4.69, 9.17) is 0 Å². The summed E-state index contributed by atoms with van der Waals surface area (Å²) < 4.78 is 0. The van der Waals surface area contributed by atoms with E-state index < -0.39 is 161 Å². The van der Waals surface area contributed by atoms with E-state index in [1.807, 2.05) is 52.5 Å². The lowest BCUT2D eigenvalue weighted by atomic mass is 9.91. The van der Waals surface area contributed by atoms with E-state index in [0.29, 0.717) is 13.0 Å². The molecule has 1 rings (SSSR count). The van der Waals surface area contributed by atoms with E-state index in [1.165, 1.54) is 92.6 Å². The van der Waals surface area contributed by atoms with Crippen LogP contribution in [0.2, 0.25) is 0 Å². The smallest absolute Gasteiger partial charge is 0.246 e. The maximum absolute atomic E-state index is 15.3. The van der Waals surface area contributed by atoms with Crippen LogP contribution < -0.4 is 21.3 Å². The van der Waals surface area contributed by atoms with Crippen LogP contribution in [0.3, 0.4) is 0 Å². The van der Waals surface area contributed by atoms with Crippen molar-refractivity contribution in [2.24, 2.45) is 41.4 Å². The number of hydrogen-bond acceptors (Lipinski definition) is 13. The molecule has 5 N–H and O–H groups in total. The monoisotopic (exact) mass is 1260 g/mol. The molecule has 0 saturated carbocycles. The van der Waals surface area contributed by atoms with Crippen LogP contribution in [0.1, 0.15) is 156 Å². The van der Waals surface area contributed by atoms with Crippen LogP contribution in [0.25, 0.3) is 0 Å². The van der Waals surface area contributed by atoms with Crippen molar-refractivity contribution >= 4 is 65.0 Å². The number of aliphatic hydroxyl groups is 1. The quantitative estimate of drug-likeness (QED) is 0.131. The Morgan fingerprint density at radius 1 is 0.449 bits per heavy atom. The van der Waals surface area contributed by atoms with Crippen molar-refractivity contribution in [1.29, 1.82) is 0 Å². The zero-order valence-corrected chi connectivity index (χ0v) is 59.1. The normalized spacial score (nSPS) is 27.1. The van der Waals surface area contributed by atoms with Gasteiger partial charge in [0.2, 0.25) is 65.0 Å². The second kappa shape index (κ2) is 36.6. The van der Waals surface area contributed by atoms with Gasteiger partial charge in [0.15, 0.2) is 0 Å². The Morgan fingerprint density at radius 2 is 0.854 bits per heavy atom. The van der Waals surface area contributed by atoms with Gasteiger partial charge in [-0.2, -0.15) is 0 Å². The Morgan fingerprint density at radius 3 is 1.30 bits per heavy atom. The van der Waals surface area contributed by atoms with E-state index in [0.717, 1.165) is 4.90 Å². The fraction of sp³-hybridized carbons (Fsp3) is 0.800. The first-order valence-corrected chi connectivity index (χ1v) is 32.1. The Kier molecular flexibility index (Phi) is 33.3. The lowest BCUT2D eigenvalue weighted by molar-refractivity contribution is -0.157. The molecule has 1 saturated heterocycles. The van der Waals surface area contributed by atoms with Gasteiger partial charge >= 0.3 is 0 Å². The van der Waals surface area contributed by atoms with Crippen LogP contribution in [-0.4, -0.2) is 252 Å². The molecule has 0 radical (unpaired) electrons. The van der Waals surface area contributed by atoms with Crippen molar-refractivity contribution < 1.29 is 57.8 Å². The second-order valence-corrected chi connectivity index (χ2v) is 27.4. The van der Waals surface area contributed by atoms with Gasteiger partial charge in [0.25, 0.3) is 0 Å². The number of nitrogens with one attached hydrogen (secondary N) is 4. The molecule has 0 aliphatic carbocycles. The average Bonchev–Trinajstić information content (AvgIpc) is 0.947. The van der Waals surface area contributed by atoms with Gasteiger partial charge in [-0.15, -0.1) is 0 Å². The number of likely N-dealkylation sites (N-methyl/N-ethyl adjacent to an activating group) is 7. The molecule has 24 nitrogen and oxygen atoms in total. The van der Waals surface area contributed by atoms with Crippen molar-refractivity contribution in [1.82, 2.24) is 60.5 Å². The summed E-state index contributed by atoms with van der Waals surface area (Å²) in [5, 5.41) is 23.3. The zero-order valence-electron chi connectivity index (χ0n) is 59.1. The highest BCUT2D eigenvalue weighted by Gasteiger charge is 2.46. The minimum atomic E-state index is -1.63. The number of aliphatic hydroxyl groups excluding tert-OH is 1. The van der Waals surface area contributed by atoms with Crippen molar-refractivity contribution in [3.8, 4) is 0 Å². The molecule has 1 fully saturated rings. The molecule has 0 bridgehead atoms. The molecule has 1 aliphatic heterocycles. The number of hydrogen-bond donors (Lipinski definition) is 5. The van der Waals surface area contributed by atoms with E-state index >= 15 is 24.0 Å². The van der Waals surface area contributed by atoms with E-state index in [1.54, 1.807) is 82.5 Å². The largest absolute Gasteiger partial charge is 0.390 e. The summed E-state index contributed by atoms with van der Waals surface area (Å²) in [5.74, 6) is -10.2. The van der Waals surface area contributed by atoms with Gasteiger partial charge in [-0.3, -0.25) is 52.7 Å². The van der Waals surface area contributed by atoms with Crippen molar-refractivity contribution in [2.45, 2.75) is 229 Å². The Bertz CT molecular complexity index is 2430. The fourth-order valence-electron chi connectivity index (χ4n) is 11.5. The van der Waals surface area contributed by atoms with E-state index in [2.05, 4.69) is 21.3 Å². The molecule has 510 valence electrons. The minimum Gasteiger partial charge on any atom is -0.390 e. The molecule has 0 spiro atoms. The molecule has 0 unspecified atom stereocenters. The standard InChI is InChI=1S/C65H118N12O12/c1-27-29-30-42(15)54(78)53-58(82)68-45(28-2)60(84)71(20)46(31-32-70(18)19)61(85)75(24)51(40(11)12)57(81)69-50(39(9)10)64(88)72(21)47(33-36(3)4)56(80)66-43(16)55(79)67-44(17)59(83)73(22)48(34-37(5)6)62(86)74(23)49(35-38(7)8)63(87)76(25)52(41(13)14)65(89)77(53)26/h27,29,36-54,78H,28,30-35H2,1-26H3,(H,66,80)(H,67,79)(H,68,82)(H,69,81)/b29-27+/t42-,43+,44-,45+,46-,47+,48+,49+,50+,51+,52+,53+,54-/m1/s1. The predicted molar refractivity (Wildman–Crippen MR) is 346 cm³/mol. The molecule has 1 aliphatic rings. The average molecular weight is 1260 g/mol. The Balaban J connectivity index is 4.48. The number of carbonyl (C=O) groups is 11. The highest BCUT2D eigenvalue weighted by atomic mass is 16.3. The van der Waals surface area contributed by atoms with Crippen LogP contribution in [0, 0.1) is 41.4 Å². The third kappa shape index (κ3) is 22.3. The van der Waals surface area contributed by atoms with Gasteiger partial charge in [-0.1, -0.05) is 109 Å². The summed E-state index contributed by atoms with van der Waals surface area (Å²) >= 11 is 0. The van der Waals surface area contributed by atoms with Crippen LogP contribution >= 0.6 is 0 Å². The van der Waals surface area contributed by atoms with Gasteiger partial charge in [-0.25, -0.2) is 0 Å². The molecule has 0 aromatic rings.